The van der Waals surface area contributed by atoms with Gasteiger partial charge in [0.2, 0.25) is 0 Å². The summed E-state index contributed by atoms with van der Waals surface area (Å²) < 4.78 is 15.5. The minimum absolute atomic E-state index is 0.242. The third-order valence-electron chi connectivity index (χ3n) is 2.72. The average Bonchev–Trinajstić information content (AvgIpc) is 3.04. The quantitative estimate of drug-likeness (QED) is 0.891. The maximum atomic E-state index is 11.8. The summed E-state index contributed by atoms with van der Waals surface area (Å²) in [5.41, 5.74) is -0.560. The van der Waals surface area contributed by atoms with E-state index >= 15 is 0 Å². The first-order valence-corrected chi connectivity index (χ1v) is 6.71. The fourth-order valence-corrected chi connectivity index (χ4v) is 1.69. The molecule has 1 aromatic heterocycles. The summed E-state index contributed by atoms with van der Waals surface area (Å²) in [6.45, 7) is 5.65. The van der Waals surface area contributed by atoms with Crippen LogP contribution in [0.4, 0.5) is 4.79 Å². The SMILES string of the molecule is COCC(NC(=O)OC(C)(C)C)c1nc(C2CC2)no1. The van der Waals surface area contributed by atoms with Crippen LogP contribution < -0.4 is 5.32 Å². The Morgan fingerprint density at radius 1 is 1.50 bits per heavy atom. The van der Waals surface area contributed by atoms with Crippen LogP contribution in [-0.2, 0) is 9.47 Å². The molecule has 1 saturated carbocycles. The van der Waals surface area contributed by atoms with Crippen molar-refractivity contribution in [2.75, 3.05) is 13.7 Å². The van der Waals surface area contributed by atoms with Crippen LogP contribution in [-0.4, -0.2) is 35.6 Å². The van der Waals surface area contributed by atoms with E-state index in [9.17, 15) is 4.79 Å². The van der Waals surface area contributed by atoms with Crippen LogP contribution in [0.15, 0.2) is 4.52 Å². The van der Waals surface area contributed by atoms with Crippen LogP contribution in [0.25, 0.3) is 0 Å². The Balaban J connectivity index is 1.99. The van der Waals surface area contributed by atoms with Crippen LogP contribution in [0.5, 0.6) is 0 Å². The number of carbonyl (C=O) groups is 1. The van der Waals surface area contributed by atoms with Crippen LogP contribution in [0.1, 0.15) is 57.3 Å². The van der Waals surface area contributed by atoms with Crippen LogP contribution >= 0.6 is 0 Å². The molecule has 7 nitrogen and oxygen atoms in total. The van der Waals surface area contributed by atoms with Gasteiger partial charge in [-0.15, -0.1) is 0 Å². The standard InChI is InChI=1S/C13H21N3O4/c1-13(2,3)19-12(17)14-9(7-18-4)11-15-10(16-20-11)8-5-6-8/h8-9H,5-7H2,1-4H3,(H,14,17). The zero-order chi connectivity index (χ0) is 14.8. The molecule has 1 aliphatic rings. The Labute approximate surface area is 118 Å². The smallest absolute Gasteiger partial charge is 0.408 e. The summed E-state index contributed by atoms with van der Waals surface area (Å²) in [6.07, 6.45) is 1.65. The molecule has 1 unspecified atom stereocenters. The van der Waals surface area contributed by atoms with Gasteiger partial charge in [-0.3, -0.25) is 0 Å². The highest BCUT2D eigenvalue weighted by Crippen LogP contribution is 2.38. The Kier molecular flexibility index (Phi) is 4.27. The number of methoxy groups -OCH3 is 1. The van der Waals surface area contributed by atoms with E-state index in [1.165, 1.54) is 0 Å². The fourth-order valence-electron chi connectivity index (χ4n) is 1.69. The van der Waals surface area contributed by atoms with Gasteiger partial charge in [0.05, 0.1) is 6.61 Å². The molecule has 0 aromatic carbocycles. The van der Waals surface area contributed by atoms with Crippen LogP contribution in [0.3, 0.4) is 0 Å². The van der Waals surface area contributed by atoms with E-state index < -0.39 is 17.7 Å². The van der Waals surface area contributed by atoms with Gasteiger partial charge in [0, 0.05) is 13.0 Å². The summed E-state index contributed by atoms with van der Waals surface area (Å²) in [4.78, 5) is 16.1. The highest BCUT2D eigenvalue weighted by molar-refractivity contribution is 5.68. The van der Waals surface area contributed by atoms with E-state index in [2.05, 4.69) is 15.5 Å². The predicted octanol–water partition coefficient (Wildman–Crippen LogP) is 2.16. The van der Waals surface area contributed by atoms with E-state index in [0.29, 0.717) is 17.6 Å². The monoisotopic (exact) mass is 283 g/mol. The van der Waals surface area contributed by atoms with Crippen molar-refractivity contribution < 1.29 is 18.8 Å². The molecule has 1 fully saturated rings. The molecule has 0 saturated heterocycles. The first kappa shape index (κ1) is 14.8. The van der Waals surface area contributed by atoms with Crippen LogP contribution in [0.2, 0.25) is 0 Å². The fraction of sp³-hybridized carbons (Fsp3) is 0.769. The number of amides is 1. The normalized spacial score (nSPS) is 16.8. The number of alkyl carbamates (subject to hydrolysis) is 1. The molecule has 0 radical (unpaired) electrons. The lowest BCUT2D eigenvalue weighted by molar-refractivity contribution is 0.0449. The predicted molar refractivity (Wildman–Crippen MR) is 70.3 cm³/mol. The zero-order valence-corrected chi connectivity index (χ0v) is 12.3. The summed E-state index contributed by atoms with van der Waals surface area (Å²) in [5.74, 6) is 1.45. The van der Waals surface area contributed by atoms with Gasteiger partial charge in [0.1, 0.15) is 11.6 Å². The number of rotatable bonds is 5. The van der Waals surface area contributed by atoms with Crippen molar-refractivity contribution in [3.8, 4) is 0 Å². The molecular weight excluding hydrogens is 262 g/mol. The number of hydrogen-bond acceptors (Lipinski definition) is 6. The van der Waals surface area contributed by atoms with Crippen LogP contribution in [0, 0.1) is 0 Å². The van der Waals surface area contributed by atoms with Gasteiger partial charge in [0.15, 0.2) is 5.82 Å². The molecule has 20 heavy (non-hydrogen) atoms. The highest BCUT2D eigenvalue weighted by Gasteiger charge is 2.31. The molecule has 1 aromatic rings. The first-order chi connectivity index (χ1) is 9.39. The molecule has 0 aliphatic heterocycles. The Morgan fingerprint density at radius 3 is 2.75 bits per heavy atom. The molecule has 2 rings (SSSR count). The summed E-state index contributed by atoms with van der Waals surface area (Å²) in [6, 6.07) is -0.505. The van der Waals surface area contributed by atoms with Crippen molar-refractivity contribution in [1.29, 1.82) is 0 Å². The maximum absolute atomic E-state index is 11.8. The number of nitrogens with zero attached hydrogens (tertiary/aromatic N) is 2. The van der Waals surface area contributed by atoms with E-state index in [-0.39, 0.29) is 6.61 Å². The van der Waals surface area contributed by atoms with Crippen molar-refractivity contribution in [3.63, 3.8) is 0 Å². The van der Waals surface area contributed by atoms with Gasteiger partial charge >= 0.3 is 6.09 Å². The Hall–Kier alpha value is -1.63. The van der Waals surface area contributed by atoms with Crippen molar-refractivity contribution in [1.82, 2.24) is 15.5 Å². The van der Waals surface area contributed by atoms with Crippen molar-refractivity contribution in [2.24, 2.45) is 0 Å². The molecule has 1 amide bonds. The zero-order valence-electron chi connectivity index (χ0n) is 12.3. The lowest BCUT2D eigenvalue weighted by atomic mass is 10.2. The maximum Gasteiger partial charge on any atom is 0.408 e. The Bertz CT molecular complexity index is 462. The molecule has 1 aliphatic carbocycles. The largest absolute Gasteiger partial charge is 0.444 e. The lowest BCUT2D eigenvalue weighted by Gasteiger charge is -2.21. The molecule has 1 N–H and O–H groups in total. The topological polar surface area (TPSA) is 86.5 Å². The molecule has 1 atom stereocenters. The van der Waals surface area contributed by atoms with Gasteiger partial charge in [-0.05, 0) is 33.6 Å². The number of aromatic nitrogens is 2. The molecule has 0 bridgehead atoms. The van der Waals surface area contributed by atoms with Gasteiger partial charge in [-0.25, -0.2) is 4.79 Å². The second kappa shape index (κ2) is 5.78. The minimum atomic E-state index is -0.560. The lowest BCUT2D eigenvalue weighted by Crippen LogP contribution is -2.36. The number of ether oxygens (including phenoxy) is 2. The molecule has 0 spiro atoms. The second-order valence-electron chi connectivity index (χ2n) is 5.92. The van der Waals surface area contributed by atoms with Crippen molar-refractivity contribution >= 4 is 6.09 Å². The molecule has 112 valence electrons. The highest BCUT2D eigenvalue weighted by atomic mass is 16.6. The van der Waals surface area contributed by atoms with Gasteiger partial charge in [-0.1, -0.05) is 5.16 Å². The number of nitrogens with one attached hydrogen (secondary N) is 1. The van der Waals surface area contributed by atoms with Crippen molar-refractivity contribution in [3.05, 3.63) is 11.7 Å². The average molecular weight is 283 g/mol. The molecule has 1 heterocycles. The summed E-state index contributed by atoms with van der Waals surface area (Å²) in [7, 11) is 1.54. The number of hydrogen-bond donors (Lipinski definition) is 1. The minimum Gasteiger partial charge on any atom is -0.444 e. The Morgan fingerprint density at radius 2 is 2.20 bits per heavy atom. The van der Waals surface area contributed by atoms with E-state index in [1.54, 1.807) is 27.9 Å². The van der Waals surface area contributed by atoms with E-state index in [4.69, 9.17) is 14.0 Å². The number of carbonyl (C=O) groups excluding carboxylic acids is 1. The van der Waals surface area contributed by atoms with Gasteiger partial charge in [0.25, 0.3) is 5.89 Å². The van der Waals surface area contributed by atoms with Gasteiger partial charge < -0.3 is 19.3 Å². The van der Waals surface area contributed by atoms with Crippen molar-refractivity contribution in [2.45, 2.75) is 51.2 Å². The summed E-state index contributed by atoms with van der Waals surface area (Å²) >= 11 is 0. The summed E-state index contributed by atoms with van der Waals surface area (Å²) in [5, 5.41) is 6.61. The second-order valence-corrected chi connectivity index (χ2v) is 5.92. The first-order valence-electron chi connectivity index (χ1n) is 6.71. The third-order valence-corrected chi connectivity index (χ3v) is 2.72. The molecule has 7 heteroatoms. The molecular formula is C13H21N3O4. The van der Waals surface area contributed by atoms with Gasteiger partial charge in [-0.2, -0.15) is 4.98 Å². The third kappa shape index (κ3) is 4.19. The van der Waals surface area contributed by atoms with E-state index in [0.717, 1.165) is 12.8 Å². The van der Waals surface area contributed by atoms with E-state index in [1.807, 2.05) is 0 Å².